The molecule has 2 aromatic rings. The van der Waals surface area contributed by atoms with E-state index in [4.69, 9.17) is 4.74 Å². The Kier molecular flexibility index (Phi) is 4.47. The summed E-state index contributed by atoms with van der Waals surface area (Å²) in [5.74, 6) is -0.681. The van der Waals surface area contributed by atoms with Gasteiger partial charge in [-0.2, -0.15) is 5.10 Å². The number of carboxylic acids is 1. The lowest BCUT2D eigenvalue weighted by atomic mass is 9.88. The maximum atomic E-state index is 13.2. The van der Waals surface area contributed by atoms with E-state index in [1.54, 1.807) is 9.58 Å². The van der Waals surface area contributed by atoms with Crippen molar-refractivity contribution in [3.05, 3.63) is 47.8 Å². The van der Waals surface area contributed by atoms with E-state index >= 15 is 0 Å². The van der Waals surface area contributed by atoms with Crippen LogP contribution in [0.15, 0.2) is 36.4 Å². The third-order valence-corrected chi connectivity index (χ3v) is 5.46. The Bertz CT molecular complexity index is 859. The van der Waals surface area contributed by atoms with E-state index in [1.807, 2.05) is 36.4 Å². The summed E-state index contributed by atoms with van der Waals surface area (Å²) in [4.78, 5) is 26.6. The first-order valence-electron chi connectivity index (χ1n) is 9.21. The van der Waals surface area contributed by atoms with Gasteiger partial charge in [0.25, 0.3) is 5.91 Å². The highest BCUT2D eigenvalue weighted by Crippen LogP contribution is 2.40. The van der Waals surface area contributed by atoms with Crippen LogP contribution < -0.4 is 0 Å². The van der Waals surface area contributed by atoms with E-state index in [1.165, 1.54) is 7.11 Å². The van der Waals surface area contributed by atoms with Crippen molar-refractivity contribution in [1.29, 1.82) is 0 Å². The summed E-state index contributed by atoms with van der Waals surface area (Å²) >= 11 is 0. The van der Waals surface area contributed by atoms with Crippen molar-refractivity contribution in [2.45, 2.75) is 25.2 Å². The number of para-hydroxylation sites is 1. The molecule has 1 saturated heterocycles. The van der Waals surface area contributed by atoms with Crippen LogP contribution in [0.3, 0.4) is 0 Å². The smallest absolute Gasteiger partial charge is 0.313 e. The van der Waals surface area contributed by atoms with E-state index in [2.05, 4.69) is 5.10 Å². The number of aromatic nitrogens is 2. The summed E-state index contributed by atoms with van der Waals surface area (Å²) < 4.78 is 6.81. The fourth-order valence-corrected chi connectivity index (χ4v) is 3.73. The van der Waals surface area contributed by atoms with Gasteiger partial charge in [0.15, 0.2) is 0 Å². The molecule has 7 nitrogen and oxygen atoms in total. The molecule has 27 heavy (non-hydrogen) atoms. The lowest BCUT2D eigenvalue weighted by molar-refractivity contribution is -0.151. The van der Waals surface area contributed by atoms with Crippen molar-refractivity contribution in [1.82, 2.24) is 14.7 Å². The minimum atomic E-state index is -1.04. The van der Waals surface area contributed by atoms with Crippen LogP contribution in [-0.2, 0) is 9.53 Å². The van der Waals surface area contributed by atoms with Gasteiger partial charge in [-0.05, 0) is 37.5 Å². The van der Waals surface area contributed by atoms with Gasteiger partial charge < -0.3 is 14.7 Å². The van der Waals surface area contributed by atoms with Gasteiger partial charge in [-0.25, -0.2) is 4.68 Å². The largest absolute Gasteiger partial charge is 0.481 e. The normalized spacial score (nSPS) is 22.2. The summed E-state index contributed by atoms with van der Waals surface area (Å²) in [5.41, 5.74) is 1.21. The van der Waals surface area contributed by atoms with Gasteiger partial charge in [0.1, 0.15) is 11.1 Å². The van der Waals surface area contributed by atoms with E-state index in [0.29, 0.717) is 24.6 Å². The number of carboxylic acid groups (broad SMARTS) is 1. The summed E-state index contributed by atoms with van der Waals surface area (Å²) in [5, 5.41) is 14.3. The van der Waals surface area contributed by atoms with Crippen LogP contribution in [0.4, 0.5) is 0 Å². The number of carbonyl (C=O) groups is 2. The van der Waals surface area contributed by atoms with Gasteiger partial charge in [-0.3, -0.25) is 9.59 Å². The highest BCUT2D eigenvalue weighted by atomic mass is 16.5. The molecule has 1 amide bonds. The highest BCUT2D eigenvalue weighted by Gasteiger charge is 2.47. The van der Waals surface area contributed by atoms with Crippen LogP contribution in [0.1, 0.15) is 41.4 Å². The fourth-order valence-electron chi connectivity index (χ4n) is 3.73. The molecule has 1 N–H and O–H groups in total. The average Bonchev–Trinajstić information content (AvgIpc) is 3.28. The first kappa shape index (κ1) is 17.7. The molecule has 1 aliphatic heterocycles. The van der Waals surface area contributed by atoms with Crippen LogP contribution in [0.25, 0.3) is 5.69 Å². The molecule has 0 spiro atoms. The predicted octanol–water partition coefficient (Wildman–Crippen LogP) is 2.31. The molecule has 0 bridgehead atoms. The second-order valence-corrected chi connectivity index (χ2v) is 7.47. The Hall–Kier alpha value is -2.67. The van der Waals surface area contributed by atoms with Crippen molar-refractivity contribution in [3.8, 4) is 5.69 Å². The third kappa shape index (κ3) is 3.23. The molecule has 0 radical (unpaired) electrons. The molecule has 2 fully saturated rings. The maximum Gasteiger partial charge on any atom is 0.313 e. The number of carbonyl (C=O) groups excluding carboxylic acids is 1. The van der Waals surface area contributed by atoms with Crippen molar-refractivity contribution < 1.29 is 19.4 Å². The number of amides is 1. The number of benzene rings is 1. The van der Waals surface area contributed by atoms with Gasteiger partial charge in [0.2, 0.25) is 0 Å². The molecule has 1 aliphatic carbocycles. The summed E-state index contributed by atoms with van der Waals surface area (Å²) in [7, 11) is 1.49. The van der Waals surface area contributed by atoms with Gasteiger partial charge in [-0.1, -0.05) is 18.2 Å². The van der Waals surface area contributed by atoms with Gasteiger partial charge >= 0.3 is 5.97 Å². The van der Waals surface area contributed by atoms with Crippen LogP contribution in [-0.4, -0.2) is 58.5 Å². The summed E-state index contributed by atoms with van der Waals surface area (Å²) in [6, 6.07) is 11.4. The molecular formula is C20H23N3O4. The zero-order chi connectivity index (χ0) is 19.0. The average molecular weight is 369 g/mol. The molecule has 4 rings (SSSR count). The molecule has 1 aromatic heterocycles. The zero-order valence-electron chi connectivity index (χ0n) is 15.3. The van der Waals surface area contributed by atoms with Crippen molar-refractivity contribution >= 4 is 11.9 Å². The Labute approximate surface area is 157 Å². The Balaban J connectivity index is 1.65. The molecule has 1 saturated carbocycles. The molecule has 7 heteroatoms. The molecule has 1 unspecified atom stereocenters. The van der Waals surface area contributed by atoms with Crippen LogP contribution in [0.2, 0.25) is 0 Å². The molecule has 1 aromatic carbocycles. The number of hydrogen-bond donors (Lipinski definition) is 1. The monoisotopic (exact) mass is 369 g/mol. The first-order valence-corrected chi connectivity index (χ1v) is 9.21. The number of likely N-dealkylation sites (tertiary alicyclic amines) is 1. The first-order chi connectivity index (χ1) is 13.0. The zero-order valence-corrected chi connectivity index (χ0v) is 15.3. The van der Waals surface area contributed by atoms with Crippen LogP contribution >= 0.6 is 0 Å². The maximum absolute atomic E-state index is 13.2. The van der Waals surface area contributed by atoms with Gasteiger partial charge in [0.05, 0.1) is 18.0 Å². The summed E-state index contributed by atoms with van der Waals surface area (Å²) in [6.45, 7) is 0.637. The Morgan fingerprint density at radius 2 is 2.04 bits per heavy atom. The number of ether oxygens (including phenoxy) is 1. The molecular weight excluding hydrogens is 346 g/mol. The van der Waals surface area contributed by atoms with Gasteiger partial charge in [-0.15, -0.1) is 0 Å². The van der Waals surface area contributed by atoms with Crippen molar-refractivity contribution in [2.75, 3.05) is 26.8 Å². The number of hydrogen-bond acceptors (Lipinski definition) is 4. The highest BCUT2D eigenvalue weighted by molar-refractivity contribution is 5.94. The molecule has 2 aliphatic rings. The minimum absolute atomic E-state index is 0.0946. The third-order valence-electron chi connectivity index (χ3n) is 5.46. The van der Waals surface area contributed by atoms with E-state index in [-0.39, 0.29) is 19.1 Å². The van der Waals surface area contributed by atoms with Crippen LogP contribution in [0, 0.1) is 5.41 Å². The Morgan fingerprint density at radius 1 is 1.30 bits per heavy atom. The topological polar surface area (TPSA) is 84.7 Å². The number of rotatable bonds is 6. The number of aliphatic carboxylic acids is 1. The minimum Gasteiger partial charge on any atom is -0.481 e. The van der Waals surface area contributed by atoms with Crippen molar-refractivity contribution in [2.24, 2.45) is 5.41 Å². The number of nitrogens with zero attached hydrogens (tertiary/aromatic N) is 3. The standard InChI is InChI=1S/C20H23N3O4/c1-27-13-20(19(25)26)9-10-22(12-20)18(24)17-11-16(14-7-8-14)21-23(17)15-5-3-2-4-6-15/h2-6,11,14H,7-10,12-13H2,1H3,(H,25,26). The second-order valence-electron chi connectivity index (χ2n) is 7.47. The lowest BCUT2D eigenvalue weighted by Crippen LogP contribution is -2.40. The lowest BCUT2D eigenvalue weighted by Gasteiger charge is -2.23. The van der Waals surface area contributed by atoms with Gasteiger partial charge in [0, 0.05) is 26.1 Å². The fraction of sp³-hybridized carbons (Fsp3) is 0.450. The molecule has 1 atom stereocenters. The number of methoxy groups -OCH3 is 1. The SMILES string of the molecule is COCC1(C(=O)O)CCN(C(=O)c2cc(C3CC3)nn2-c2ccccc2)C1. The summed E-state index contributed by atoms with van der Waals surface area (Å²) in [6.07, 6.45) is 2.58. The second kappa shape index (κ2) is 6.81. The quantitative estimate of drug-likeness (QED) is 0.845. The predicted molar refractivity (Wildman–Crippen MR) is 98.0 cm³/mol. The van der Waals surface area contributed by atoms with Crippen LogP contribution in [0.5, 0.6) is 0 Å². The van der Waals surface area contributed by atoms with E-state index in [0.717, 1.165) is 24.2 Å². The molecule has 142 valence electrons. The molecule has 2 heterocycles. The van der Waals surface area contributed by atoms with E-state index in [9.17, 15) is 14.7 Å². The van der Waals surface area contributed by atoms with E-state index < -0.39 is 11.4 Å². The Morgan fingerprint density at radius 3 is 2.67 bits per heavy atom. The van der Waals surface area contributed by atoms with Crippen molar-refractivity contribution in [3.63, 3.8) is 0 Å².